The van der Waals surface area contributed by atoms with Crippen molar-refractivity contribution in [2.45, 2.75) is 25.3 Å². The summed E-state index contributed by atoms with van der Waals surface area (Å²) in [5.74, 6) is -0.594. The number of sulfone groups is 1. The molecule has 1 saturated carbocycles. The largest absolute Gasteiger partial charge is 0.352 e. The van der Waals surface area contributed by atoms with Gasteiger partial charge in [-0.05, 0) is 30.9 Å². The van der Waals surface area contributed by atoms with Gasteiger partial charge in [-0.3, -0.25) is 9.59 Å². The van der Waals surface area contributed by atoms with E-state index in [-0.39, 0.29) is 41.2 Å². The second-order valence-electron chi connectivity index (χ2n) is 6.93. The zero-order valence-electron chi connectivity index (χ0n) is 13.3. The van der Waals surface area contributed by atoms with Gasteiger partial charge < -0.3 is 10.2 Å². The summed E-state index contributed by atoms with van der Waals surface area (Å²) in [5, 5.41) is 2.80. The van der Waals surface area contributed by atoms with Gasteiger partial charge in [0.15, 0.2) is 9.84 Å². The Labute approximate surface area is 141 Å². The summed E-state index contributed by atoms with van der Waals surface area (Å²) in [6, 6.07) is 7.56. The van der Waals surface area contributed by atoms with Gasteiger partial charge in [0.25, 0.3) is 0 Å². The molecule has 3 atom stereocenters. The number of benzene rings is 1. The third kappa shape index (κ3) is 2.81. The molecule has 1 saturated heterocycles. The topological polar surface area (TPSA) is 83.5 Å². The molecule has 1 N–H and O–H groups in total. The van der Waals surface area contributed by atoms with Crippen molar-refractivity contribution < 1.29 is 18.0 Å². The van der Waals surface area contributed by atoms with E-state index in [2.05, 4.69) is 5.32 Å². The van der Waals surface area contributed by atoms with Crippen LogP contribution in [0.3, 0.4) is 0 Å². The molecule has 0 aromatic heterocycles. The fourth-order valence-corrected chi connectivity index (χ4v) is 5.42. The monoisotopic (exact) mass is 348 g/mol. The van der Waals surface area contributed by atoms with Crippen LogP contribution in [-0.4, -0.2) is 44.3 Å². The van der Waals surface area contributed by atoms with E-state index in [0.717, 1.165) is 12.1 Å². The Morgan fingerprint density at radius 2 is 1.96 bits per heavy atom. The Kier molecular flexibility index (Phi) is 3.63. The average molecular weight is 348 g/mol. The van der Waals surface area contributed by atoms with Gasteiger partial charge in [-0.25, -0.2) is 8.42 Å². The van der Waals surface area contributed by atoms with Crippen LogP contribution in [0.2, 0.25) is 0 Å². The van der Waals surface area contributed by atoms with Crippen LogP contribution in [0.25, 0.3) is 0 Å². The van der Waals surface area contributed by atoms with Crippen molar-refractivity contribution in [3.05, 3.63) is 29.8 Å². The molecule has 2 amide bonds. The molecule has 1 aromatic rings. The maximum absolute atomic E-state index is 12.7. The average Bonchev–Trinajstić information content (AvgIpc) is 3.12. The lowest BCUT2D eigenvalue weighted by atomic mass is 10.2. The van der Waals surface area contributed by atoms with Gasteiger partial charge in [-0.1, -0.05) is 18.2 Å². The number of fused-ring (bicyclic) bond motifs is 1. The first-order valence-electron chi connectivity index (χ1n) is 8.35. The first-order valence-corrected chi connectivity index (χ1v) is 10.2. The highest BCUT2D eigenvalue weighted by Gasteiger charge is 2.51. The molecule has 4 rings (SSSR count). The van der Waals surface area contributed by atoms with Crippen LogP contribution in [0.15, 0.2) is 24.3 Å². The van der Waals surface area contributed by atoms with Crippen LogP contribution in [0.1, 0.15) is 18.4 Å². The first-order chi connectivity index (χ1) is 11.4. The minimum atomic E-state index is -3.01. The summed E-state index contributed by atoms with van der Waals surface area (Å²) >= 11 is 0. The molecular weight excluding hydrogens is 328 g/mol. The predicted molar refractivity (Wildman–Crippen MR) is 89.3 cm³/mol. The summed E-state index contributed by atoms with van der Waals surface area (Å²) < 4.78 is 22.9. The minimum absolute atomic E-state index is 0.0131. The first kappa shape index (κ1) is 15.6. The van der Waals surface area contributed by atoms with Crippen molar-refractivity contribution >= 4 is 27.3 Å². The van der Waals surface area contributed by atoms with Gasteiger partial charge in [0.1, 0.15) is 0 Å². The van der Waals surface area contributed by atoms with E-state index in [4.69, 9.17) is 0 Å². The van der Waals surface area contributed by atoms with E-state index in [9.17, 15) is 18.0 Å². The second-order valence-corrected chi connectivity index (χ2v) is 9.15. The number of carbonyl (C=O) groups is 2. The molecule has 2 heterocycles. The smallest absolute Gasteiger partial charge is 0.230 e. The maximum Gasteiger partial charge on any atom is 0.230 e. The van der Waals surface area contributed by atoms with Crippen molar-refractivity contribution in [2.75, 3.05) is 23.0 Å². The third-order valence-electron chi connectivity index (χ3n) is 5.18. The predicted octanol–water partition coefficient (Wildman–Crippen LogP) is 0.515. The lowest BCUT2D eigenvalue weighted by Crippen LogP contribution is -2.38. The number of rotatable bonds is 3. The van der Waals surface area contributed by atoms with Crippen molar-refractivity contribution in [2.24, 2.45) is 11.8 Å². The minimum Gasteiger partial charge on any atom is -0.352 e. The van der Waals surface area contributed by atoms with Gasteiger partial charge in [-0.15, -0.1) is 0 Å². The molecule has 0 spiro atoms. The summed E-state index contributed by atoms with van der Waals surface area (Å²) in [6.07, 6.45) is 1.88. The number of hydrogen-bond donors (Lipinski definition) is 1. The lowest BCUT2D eigenvalue weighted by Gasteiger charge is -2.17. The van der Waals surface area contributed by atoms with Crippen molar-refractivity contribution in [3.8, 4) is 0 Å². The zero-order chi connectivity index (χ0) is 16.9. The summed E-state index contributed by atoms with van der Waals surface area (Å²) in [5.41, 5.74) is 2.12. The maximum atomic E-state index is 12.7. The van der Waals surface area contributed by atoms with Crippen molar-refractivity contribution in [1.82, 2.24) is 5.32 Å². The van der Waals surface area contributed by atoms with E-state index in [1.54, 1.807) is 4.90 Å². The number of nitrogens with zero attached hydrogens (tertiary/aromatic N) is 1. The highest BCUT2D eigenvalue weighted by atomic mass is 32.2. The molecule has 3 aliphatic rings. The fraction of sp³-hybridized carbons (Fsp3) is 0.529. The zero-order valence-corrected chi connectivity index (χ0v) is 14.1. The second kappa shape index (κ2) is 5.58. The molecule has 7 heteroatoms. The molecule has 6 nitrogen and oxygen atoms in total. The van der Waals surface area contributed by atoms with E-state index in [1.807, 2.05) is 24.3 Å². The van der Waals surface area contributed by atoms with Crippen LogP contribution >= 0.6 is 0 Å². The number of anilines is 1. The van der Waals surface area contributed by atoms with Crippen LogP contribution < -0.4 is 10.2 Å². The number of amides is 2. The Morgan fingerprint density at radius 3 is 2.71 bits per heavy atom. The van der Waals surface area contributed by atoms with Crippen LogP contribution in [0.4, 0.5) is 5.69 Å². The normalized spacial score (nSPS) is 30.0. The molecule has 0 radical (unpaired) electrons. The van der Waals surface area contributed by atoms with Crippen LogP contribution in [0, 0.1) is 11.8 Å². The molecule has 1 aliphatic carbocycles. The van der Waals surface area contributed by atoms with Crippen LogP contribution in [-0.2, 0) is 25.8 Å². The van der Waals surface area contributed by atoms with E-state index >= 15 is 0 Å². The summed E-state index contributed by atoms with van der Waals surface area (Å²) in [7, 11) is -3.01. The number of carbonyl (C=O) groups excluding carboxylic acids is 2. The van der Waals surface area contributed by atoms with Gasteiger partial charge in [0.2, 0.25) is 11.8 Å². The Morgan fingerprint density at radius 1 is 1.17 bits per heavy atom. The fourth-order valence-electron chi connectivity index (χ4n) is 3.74. The summed E-state index contributed by atoms with van der Waals surface area (Å²) in [4.78, 5) is 26.7. The van der Waals surface area contributed by atoms with Gasteiger partial charge in [-0.2, -0.15) is 0 Å². The van der Waals surface area contributed by atoms with E-state index < -0.39 is 9.84 Å². The van der Waals surface area contributed by atoms with Gasteiger partial charge >= 0.3 is 0 Å². The number of hydrogen-bond acceptors (Lipinski definition) is 4. The highest BCUT2D eigenvalue weighted by molar-refractivity contribution is 7.91. The highest BCUT2D eigenvalue weighted by Crippen LogP contribution is 2.42. The van der Waals surface area contributed by atoms with E-state index in [0.29, 0.717) is 19.4 Å². The third-order valence-corrected chi connectivity index (χ3v) is 6.94. The molecule has 0 bridgehead atoms. The Balaban J connectivity index is 1.36. The standard InChI is InChI=1S/C17H20N2O4S/c20-16(18-12-6-8-24(22,23)10-12)13-9-14(13)17(21)19-7-5-11-3-1-2-4-15(11)19/h1-4,12-14H,5-10H2,(H,18,20). The molecule has 3 unspecified atom stereocenters. The van der Waals surface area contributed by atoms with Crippen LogP contribution in [0.5, 0.6) is 0 Å². The molecular formula is C17H20N2O4S. The number of para-hydroxylation sites is 1. The molecule has 1 aromatic carbocycles. The molecule has 24 heavy (non-hydrogen) atoms. The Hall–Kier alpha value is -1.89. The SMILES string of the molecule is O=C(NC1CCS(=O)(=O)C1)C1CC1C(=O)N1CCc2ccccc21. The number of nitrogens with one attached hydrogen (secondary N) is 1. The lowest BCUT2D eigenvalue weighted by molar-refractivity contribution is -0.126. The molecule has 2 aliphatic heterocycles. The van der Waals surface area contributed by atoms with Gasteiger partial charge in [0, 0.05) is 18.3 Å². The van der Waals surface area contributed by atoms with Crippen molar-refractivity contribution in [1.29, 1.82) is 0 Å². The molecule has 2 fully saturated rings. The van der Waals surface area contributed by atoms with Crippen molar-refractivity contribution in [3.63, 3.8) is 0 Å². The van der Waals surface area contributed by atoms with Gasteiger partial charge in [0.05, 0.1) is 23.3 Å². The quantitative estimate of drug-likeness (QED) is 0.863. The Bertz CT molecular complexity index is 805. The summed E-state index contributed by atoms with van der Waals surface area (Å²) in [6.45, 7) is 0.671. The van der Waals surface area contributed by atoms with E-state index in [1.165, 1.54) is 5.56 Å². The molecule has 128 valence electrons.